The molecule has 0 amide bonds. The quantitative estimate of drug-likeness (QED) is 0.717. The highest BCUT2D eigenvalue weighted by Crippen LogP contribution is 2.27. The van der Waals surface area contributed by atoms with Crippen LogP contribution < -0.4 is 0 Å². The fourth-order valence-electron chi connectivity index (χ4n) is 1.23. The van der Waals surface area contributed by atoms with E-state index in [2.05, 4.69) is 4.98 Å². The van der Waals surface area contributed by atoms with Gasteiger partial charge in [-0.25, -0.2) is 0 Å². The van der Waals surface area contributed by atoms with Crippen LogP contribution in [-0.4, -0.2) is 10.1 Å². The molecule has 2 rings (SSSR count). The lowest BCUT2D eigenvalue weighted by Crippen LogP contribution is -1.84. The van der Waals surface area contributed by atoms with Crippen molar-refractivity contribution in [3.63, 3.8) is 0 Å². The van der Waals surface area contributed by atoms with Gasteiger partial charge in [0.2, 0.25) is 0 Å². The van der Waals surface area contributed by atoms with Gasteiger partial charge < -0.3 is 5.11 Å². The fraction of sp³-hybridized carbons (Fsp3) is 0. The highest BCUT2D eigenvalue weighted by atomic mass is 35.5. The van der Waals surface area contributed by atoms with Crippen molar-refractivity contribution in [1.82, 2.24) is 4.98 Å². The first-order valence-electron chi connectivity index (χ1n) is 3.89. The first-order valence-corrected chi connectivity index (χ1v) is 4.27. The molecule has 1 aromatic carbocycles. The Bertz CT molecular complexity index is 546. The lowest BCUT2D eigenvalue weighted by molar-refractivity contribution is 0.476. The predicted molar refractivity (Wildman–Crippen MR) is 53.1 cm³/mol. The molecule has 14 heavy (non-hydrogen) atoms. The Balaban J connectivity index is 2.85. The summed E-state index contributed by atoms with van der Waals surface area (Å²) in [5.74, 6) is 0.130. The summed E-state index contributed by atoms with van der Waals surface area (Å²) in [4.78, 5) is 4.01. The smallest absolute Gasteiger partial charge is 0.117 e. The van der Waals surface area contributed by atoms with Crippen molar-refractivity contribution < 1.29 is 5.11 Å². The molecule has 1 N–H and O–H groups in total. The Morgan fingerprint density at radius 2 is 2.21 bits per heavy atom. The molecular weight excluding hydrogens is 200 g/mol. The Labute approximate surface area is 85.2 Å². The van der Waals surface area contributed by atoms with Gasteiger partial charge in [-0.3, -0.25) is 4.98 Å². The maximum absolute atomic E-state index is 9.20. The standard InChI is InChI=1S/C10H5ClN2O/c11-10-6(4-12)5-13-9-3-7(14)1-2-8(9)10/h1-3,5,14H. The third-order valence-corrected chi connectivity index (χ3v) is 2.31. The van der Waals surface area contributed by atoms with Crippen molar-refractivity contribution in [2.75, 3.05) is 0 Å². The normalized spacial score (nSPS) is 10.0. The SMILES string of the molecule is N#Cc1cnc2cc(O)ccc2c1Cl. The molecule has 0 aliphatic carbocycles. The van der Waals surface area contributed by atoms with Crippen molar-refractivity contribution >= 4 is 22.5 Å². The summed E-state index contributed by atoms with van der Waals surface area (Å²) in [7, 11) is 0. The van der Waals surface area contributed by atoms with Crippen molar-refractivity contribution in [3.8, 4) is 11.8 Å². The molecule has 68 valence electrons. The van der Waals surface area contributed by atoms with Crippen molar-refractivity contribution in [1.29, 1.82) is 5.26 Å². The molecule has 3 nitrogen and oxygen atoms in total. The Morgan fingerprint density at radius 3 is 2.93 bits per heavy atom. The number of nitrogens with zero attached hydrogens (tertiary/aromatic N) is 2. The average Bonchev–Trinajstić information content (AvgIpc) is 2.18. The van der Waals surface area contributed by atoms with Crippen LogP contribution >= 0.6 is 11.6 Å². The molecular formula is C10H5ClN2O. The number of aromatic hydroxyl groups is 1. The first kappa shape index (κ1) is 8.79. The van der Waals surface area contributed by atoms with Gasteiger partial charge in [0.25, 0.3) is 0 Å². The number of hydrogen-bond donors (Lipinski definition) is 1. The van der Waals surface area contributed by atoms with Gasteiger partial charge in [0, 0.05) is 17.6 Å². The molecule has 0 fully saturated rings. The van der Waals surface area contributed by atoms with E-state index in [1.807, 2.05) is 6.07 Å². The first-order chi connectivity index (χ1) is 6.72. The van der Waals surface area contributed by atoms with Gasteiger partial charge in [-0.15, -0.1) is 0 Å². The number of nitriles is 1. The summed E-state index contributed by atoms with van der Waals surface area (Å²) in [6.45, 7) is 0. The van der Waals surface area contributed by atoms with E-state index in [-0.39, 0.29) is 5.75 Å². The van der Waals surface area contributed by atoms with Crippen LogP contribution in [0.2, 0.25) is 5.02 Å². The number of rotatable bonds is 0. The number of fused-ring (bicyclic) bond motifs is 1. The monoisotopic (exact) mass is 204 g/mol. The topological polar surface area (TPSA) is 56.9 Å². The molecule has 0 saturated carbocycles. The van der Waals surface area contributed by atoms with Gasteiger partial charge in [-0.05, 0) is 12.1 Å². The molecule has 0 spiro atoms. The van der Waals surface area contributed by atoms with Crippen LogP contribution in [-0.2, 0) is 0 Å². The second kappa shape index (κ2) is 3.17. The maximum atomic E-state index is 9.20. The van der Waals surface area contributed by atoms with E-state index < -0.39 is 0 Å². The molecule has 0 saturated heterocycles. The second-order valence-electron chi connectivity index (χ2n) is 2.80. The van der Waals surface area contributed by atoms with E-state index >= 15 is 0 Å². The summed E-state index contributed by atoms with van der Waals surface area (Å²) in [6, 6.07) is 6.60. The molecule has 0 aliphatic heterocycles. The largest absolute Gasteiger partial charge is 0.508 e. The van der Waals surface area contributed by atoms with E-state index in [0.29, 0.717) is 21.5 Å². The Hall–Kier alpha value is -1.79. The molecule has 0 atom stereocenters. The van der Waals surface area contributed by atoms with E-state index in [1.54, 1.807) is 6.07 Å². The van der Waals surface area contributed by atoms with Crippen molar-refractivity contribution in [3.05, 3.63) is 35.0 Å². The summed E-state index contributed by atoms with van der Waals surface area (Å²) >= 11 is 5.95. The lowest BCUT2D eigenvalue weighted by Gasteiger charge is -2.01. The number of phenols is 1. The Morgan fingerprint density at radius 1 is 1.43 bits per heavy atom. The second-order valence-corrected chi connectivity index (χ2v) is 3.18. The molecule has 0 unspecified atom stereocenters. The molecule has 0 radical (unpaired) electrons. The van der Waals surface area contributed by atoms with Crippen molar-refractivity contribution in [2.45, 2.75) is 0 Å². The maximum Gasteiger partial charge on any atom is 0.117 e. The zero-order valence-electron chi connectivity index (χ0n) is 7.03. The lowest BCUT2D eigenvalue weighted by atomic mass is 10.1. The van der Waals surface area contributed by atoms with Gasteiger partial charge in [0.1, 0.15) is 11.8 Å². The summed E-state index contributed by atoms with van der Waals surface area (Å²) < 4.78 is 0. The molecule has 2 aromatic rings. The molecule has 0 aliphatic rings. The van der Waals surface area contributed by atoms with E-state index in [1.165, 1.54) is 18.3 Å². The third-order valence-electron chi connectivity index (χ3n) is 1.91. The number of phenolic OH excluding ortho intramolecular Hbond substituents is 1. The molecule has 0 bridgehead atoms. The van der Waals surface area contributed by atoms with Gasteiger partial charge in [-0.2, -0.15) is 5.26 Å². The van der Waals surface area contributed by atoms with Crippen LogP contribution in [0.1, 0.15) is 5.56 Å². The summed E-state index contributed by atoms with van der Waals surface area (Å²) in [6.07, 6.45) is 1.39. The number of pyridine rings is 1. The zero-order valence-corrected chi connectivity index (χ0v) is 7.78. The number of benzene rings is 1. The van der Waals surface area contributed by atoms with Crippen LogP contribution in [0.15, 0.2) is 24.4 Å². The van der Waals surface area contributed by atoms with Gasteiger partial charge in [0.05, 0.1) is 16.1 Å². The van der Waals surface area contributed by atoms with Crippen LogP contribution in [0.25, 0.3) is 10.9 Å². The number of aromatic nitrogens is 1. The van der Waals surface area contributed by atoms with Crippen LogP contribution in [0.3, 0.4) is 0 Å². The fourth-order valence-corrected chi connectivity index (χ4v) is 1.48. The zero-order chi connectivity index (χ0) is 10.1. The summed E-state index contributed by atoms with van der Waals surface area (Å²) in [5, 5.41) is 19.0. The number of halogens is 1. The highest BCUT2D eigenvalue weighted by molar-refractivity contribution is 6.36. The highest BCUT2D eigenvalue weighted by Gasteiger charge is 2.06. The van der Waals surface area contributed by atoms with Crippen molar-refractivity contribution in [2.24, 2.45) is 0 Å². The third kappa shape index (κ3) is 1.26. The number of hydrogen-bond acceptors (Lipinski definition) is 3. The van der Waals surface area contributed by atoms with E-state index in [9.17, 15) is 5.11 Å². The minimum absolute atomic E-state index is 0.130. The Kier molecular flexibility index (Phi) is 1.99. The van der Waals surface area contributed by atoms with Crippen LogP contribution in [0.4, 0.5) is 0 Å². The minimum Gasteiger partial charge on any atom is -0.508 e. The van der Waals surface area contributed by atoms with Gasteiger partial charge in [-0.1, -0.05) is 11.6 Å². The molecule has 4 heteroatoms. The molecule has 1 heterocycles. The minimum atomic E-state index is 0.130. The predicted octanol–water partition coefficient (Wildman–Crippen LogP) is 2.47. The molecule has 1 aromatic heterocycles. The van der Waals surface area contributed by atoms with E-state index in [4.69, 9.17) is 16.9 Å². The van der Waals surface area contributed by atoms with Gasteiger partial charge in [0.15, 0.2) is 0 Å². The average molecular weight is 205 g/mol. The van der Waals surface area contributed by atoms with E-state index in [0.717, 1.165) is 0 Å². The van der Waals surface area contributed by atoms with Gasteiger partial charge >= 0.3 is 0 Å². The summed E-state index contributed by atoms with van der Waals surface area (Å²) in [5.41, 5.74) is 0.916. The van der Waals surface area contributed by atoms with Crippen LogP contribution in [0.5, 0.6) is 5.75 Å². The van der Waals surface area contributed by atoms with Crippen LogP contribution in [0, 0.1) is 11.3 Å².